The number of piperidine rings is 1. The van der Waals surface area contributed by atoms with Crippen molar-refractivity contribution in [3.63, 3.8) is 0 Å². The van der Waals surface area contributed by atoms with Crippen molar-refractivity contribution < 1.29 is 41.9 Å². The number of aryl methyl sites for hydroxylation is 1. The van der Waals surface area contributed by atoms with Crippen molar-refractivity contribution >= 4 is 27.8 Å². The van der Waals surface area contributed by atoms with E-state index in [4.69, 9.17) is 18.6 Å². The average molecular weight is 643 g/mol. The summed E-state index contributed by atoms with van der Waals surface area (Å²) in [5.74, 6) is 1.49. The van der Waals surface area contributed by atoms with Gasteiger partial charge >= 0.3 is 6.09 Å². The number of β-amino-alcohol motifs (C(OH)–C–C–N with tert-alkyl or cyclic N) is 1. The number of nitrogens with one attached hydrogen (secondary N) is 1. The Labute approximate surface area is 257 Å². The number of ether oxygens (including phenoxy) is 3. The van der Waals surface area contributed by atoms with Crippen LogP contribution in [-0.2, 0) is 21.4 Å². The van der Waals surface area contributed by atoms with Gasteiger partial charge in [-0.15, -0.1) is 10.2 Å². The lowest BCUT2D eigenvalue weighted by Crippen LogP contribution is -2.52. The van der Waals surface area contributed by atoms with Crippen LogP contribution < -0.4 is 14.2 Å². The standard InChI is InChI=1S/C28H30N6O10S/c1-17-7-12-24(44-17)26-29-30-27(33(26)25-22(41-2)5-4-6-23(25)42-3)31-45(39,40)21-13-20(35)14-32(15-21)28(36)43-16-18-8-10-19(11-9-18)34(37)38/h4-12,20-21,35H,13-16H2,1-3H3,(H,30,31)/t20-,21+/m0/s1. The number of aliphatic hydroxyl groups excluding tert-OH is 1. The summed E-state index contributed by atoms with van der Waals surface area (Å²) in [5.41, 5.74) is 0.677. The third kappa shape index (κ3) is 6.68. The van der Waals surface area contributed by atoms with Gasteiger partial charge in [0.15, 0.2) is 5.76 Å². The highest BCUT2D eigenvalue weighted by atomic mass is 32.2. The first-order valence-corrected chi connectivity index (χ1v) is 15.1. The van der Waals surface area contributed by atoms with Gasteiger partial charge in [0.25, 0.3) is 5.69 Å². The zero-order valence-corrected chi connectivity index (χ0v) is 25.3. The minimum atomic E-state index is -4.31. The molecule has 238 valence electrons. The summed E-state index contributed by atoms with van der Waals surface area (Å²) in [6.45, 7) is 1.09. The number of nitrogens with zero attached hydrogens (tertiary/aromatic N) is 5. The summed E-state index contributed by atoms with van der Waals surface area (Å²) in [6.07, 6.45) is -2.19. The number of nitro benzene ring substituents is 1. The molecule has 1 aliphatic rings. The van der Waals surface area contributed by atoms with Crippen LogP contribution in [0.5, 0.6) is 11.5 Å². The van der Waals surface area contributed by atoms with E-state index in [9.17, 15) is 28.4 Å². The molecule has 16 nitrogen and oxygen atoms in total. The quantitative estimate of drug-likeness (QED) is 0.189. The number of nitro groups is 1. The van der Waals surface area contributed by atoms with Gasteiger partial charge in [0.2, 0.25) is 21.8 Å². The van der Waals surface area contributed by atoms with Gasteiger partial charge in [0.05, 0.1) is 31.8 Å². The fourth-order valence-electron chi connectivity index (χ4n) is 4.89. The highest BCUT2D eigenvalue weighted by Crippen LogP contribution is 2.38. The van der Waals surface area contributed by atoms with Crippen molar-refractivity contribution in [3.8, 4) is 28.8 Å². The molecule has 3 heterocycles. The number of carbonyl (C=O) groups is 1. The second-order valence-corrected chi connectivity index (χ2v) is 12.1. The van der Waals surface area contributed by atoms with E-state index in [1.807, 2.05) is 0 Å². The van der Waals surface area contributed by atoms with E-state index < -0.39 is 32.4 Å². The van der Waals surface area contributed by atoms with Crippen molar-refractivity contribution in [2.24, 2.45) is 0 Å². The first-order valence-electron chi connectivity index (χ1n) is 13.6. The van der Waals surface area contributed by atoms with E-state index >= 15 is 0 Å². The van der Waals surface area contributed by atoms with E-state index in [1.54, 1.807) is 37.3 Å². The summed E-state index contributed by atoms with van der Waals surface area (Å²) >= 11 is 0. The number of non-ortho nitro benzene ring substituents is 1. The summed E-state index contributed by atoms with van der Waals surface area (Å²) < 4.78 is 53.5. The van der Waals surface area contributed by atoms with Crippen molar-refractivity contribution in [3.05, 3.63) is 76.0 Å². The van der Waals surface area contributed by atoms with Crippen LogP contribution in [-0.4, -0.2) is 82.9 Å². The van der Waals surface area contributed by atoms with E-state index in [1.165, 1.54) is 43.1 Å². The molecule has 0 saturated carbocycles. The van der Waals surface area contributed by atoms with Crippen molar-refractivity contribution in [2.45, 2.75) is 31.3 Å². The molecule has 4 aromatic rings. The summed E-state index contributed by atoms with van der Waals surface area (Å²) in [6, 6.07) is 13.8. The lowest BCUT2D eigenvalue weighted by atomic mass is 10.1. The Morgan fingerprint density at radius 2 is 1.78 bits per heavy atom. The number of anilines is 1. The first kappa shape index (κ1) is 31.3. The second kappa shape index (κ2) is 12.8. The van der Waals surface area contributed by atoms with Crippen LogP contribution in [0, 0.1) is 17.0 Å². The van der Waals surface area contributed by atoms with Crippen molar-refractivity contribution in [1.29, 1.82) is 0 Å². The molecule has 0 unspecified atom stereocenters. The van der Waals surface area contributed by atoms with Crippen LogP contribution in [0.15, 0.2) is 59.0 Å². The number of amides is 1. The molecule has 17 heteroatoms. The molecule has 1 amide bonds. The Morgan fingerprint density at radius 3 is 2.38 bits per heavy atom. The van der Waals surface area contributed by atoms with Crippen molar-refractivity contribution in [1.82, 2.24) is 19.7 Å². The van der Waals surface area contributed by atoms with Crippen LogP contribution in [0.25, 0.3) is 17.3 Å². The number of para-hydroxylation sites is 1. The molecule has 0 bridgehead atoms. The Hall–Kier alpha value is -5.16. The molecule has 45 heavy (non-hydrogen) atoms. The molecule has 2 atom stereocenters. The number of methoxy groups -OCH3 is 2. The Morgan fingerprint density at radius 1 is 1.09 bits per heavy atom. The monoisotopic (exact) mass is 642 g/mol. The van der Waals surface area contributed by atoms with Gasteiger partial charge in [-0.05, 0) is 55.3 Å². The Balaban J connectivity index is 1.40. The lowest BCUT2D eigenvalue weighted by molar-refractivity contribution is -0.384. The van der Waals surface area contributed by atoms with Gasteiger partial charge in [-0.2, -0.15) is 0 Å². The SMILES string of the molecule is COc1cccc(OC)c1-n1c(NS(=O)(=O)[C@@H]2C[C@H](O)CN(C(=O)OCc3ccc([N+](=O)[O-])cc3)C2)nnc1-c1ccc(C)o1. The molecular formula is C28H30N6O10S. The Bertz CT molecular complexity index is 1780. The minimum absolute atomic E-state index is 0.115. The van der Waals surface area contributed by atoms with E-state index in [-0.39, 0.29) is 43.6 Å². The summed E-state index contributed by atoms with van der Waals surface area (Å²) in [5, 5.41) is 28.4. The fourth-order valence-corrected chi connectivity index (χ4v) is 6.30. The van der Waals surface area contributed by atoms with E-state index in [2.05, 4.69) is 14.9 Å². The van der Waals surface area contributed by atoms with Gasteiger partial charge in [-0.3, -0.25) is 19.4 Å². The number of likely N-dealkylation sites (tertiary alicyclic amines) is 1. The highest BCUT2D eigenvalue weighted by Gasteiger charge is 2.39. The molecule has 0 aliphatic carbocycles. The fraction of sp³-hybridized carbons (Fsp3) is 0.321. The number of sulfonamides is 1. The lowest BCUT2D eigenvalue weighted by Gasteiger charge is -2.34. The van der Waals surface area contributed by atoms with Crippen LogP contribution in [0.4, 0.5) is 16.4 Å². The van der Waals surface area contributed by atoms with Crippen LogP contribution in [0.1, 0.15) is 17.7 Å². The molecule has 5 rings (SSSR count). The molecule has 0 spiro atoms. The predicted octanol–water partition coefficient (Wildman–Crippen LogP) is 3.27. The normalized spacial score (nSPS) is 16.7. The highest BCUT2D eigenvalue weighted by molar-refractivity contribution is 7.93. The number of rotatable bonds is 10. The van der Waals surface area contributed by atoms with Gasteiger partial charge in [-0.25, -0.2) is 13.2 Å². The Kier molecular flexibility index (Phi) is 8.92. The third-order valence-corrected chi connectivity index (χ3v) is 8.77. The maximum Gasteiger partial charge on any atom is 0.410 e. The largest absolute Gasteiger partial charge is 0.494 e. The van der Waals surface area contributed by atoms with Gasteiger partial charge in [-0.1, -0.05) is 6.07 Å². The van der Waals surface area contributed by atoms with Gasteiger partial charge < -0.3 is 28.6 Å². The summed E-state index contributed by atoms with van der Waals surface area (Å²) in [7, 11) is -1.42. The van der Waals surface area contributed by atoms with Crippen molar-refractivity contribution in [2.75, 3.05) is 32.0 Å². The molecule has 2 aromatic heterocycles. The van der Waals surface area contributed by atoms with E-state index in [0.717, 1.165) is 4.90 Å². The van der Waals surface area contributed by atoms with Crippen LogP contribution in [0.2, 0.25) is 0 Å². The second-order valence-electron chi connectivity index (χ2n) is 10.1. The molecule has 2 N–H and O–H groups in total. The maximum absolute atomic E-state index is 13.8. The summed E-state index contributed by atoms with van der Waals surface area (Å²) in [4.78, 5) is 24.3. The predicted molar refractivity (Wildman–Crippen MR) is 159 cm³/mol. The average Bonchev–Trinajstić information content (AvgIpc) is 3.64. The third-order valence-electron chi connectivity index (χ3n) is 7.08. The molecular weight excluding hydrogens is 612 g/mol. The number of hydrogen-bond donors (Lipinski definition) is 2. The number of aromatic nitrogens is 3. The van der Waals surface area contributed by atoms with Gasteiger partial charge in [0.1, 0.15) is 34.8 Å². The maximum atomic E-state index is 13.8. The topological polar surface area (TPSA) is 201 Å². The zero-order chi connectivity index (χ0) is 32.3. The molecule has 1 fully saturated rings. The van der Waals surface area contributed by atoms with Crippen LogP contribution in [0.3, 0.4) is 0 Å². The number of carbonyl (C=O) groups excluding carboxylic acids is 1. The van der Waals surface area contributed by atoms with E-state index in [0.29, 0.717) is 34.3 Å². The number of hydrogen-bond acceptors (Lipinski definition) is 12. The molecule has 1 aliphatic heterocycles. The van der Waals surface area contributed by atoms with Gasteiger partial charge in [0, 0.05) is 18.7 Å². The number of furan rings is 1. The number of benzene rings is 2. The first-order chi connectivity index (χ1) is 21.5. The molecule has 1 saturated heterocycles. The minimum Gasteiger partial charge on any atom is -0.494 e. The van der Waals surface area contributed by atoms with Crippen LogP contribution >= 0.6 is 0 Å². The molecule has 0 radical (unpaired) electrons. The smallest absolute Gasteiger partial charge is 0.410 e. The number of aliphatic hydroxyl groups is 1. The molecule has 2 aromatic carbocycles. The zero-order valence-electron chi connectivity index (χ0n) is 24.4.